The van der Waals surface area contributed by atoms with Gasteiger partial charge in [-0.15, -0.1) is 11.8 Å². The van der Waals surface area contributed by atoms with Crippen LogP contribution >= 0.6 is 23.3 Å². The first-order chi connectivity index (χ1) is 8.22. The number of nitrogen functional groups attached to an aromatic ring is 1. The zero-order valence-corrected chi connectivity index (χ0v) is 11.4. The lowest BCUT2D eigenvalue weighted by atomic mass is 10.3. The van der Waals surface area contributed by atoms with E-state index >= 15 is 0 Å². The molecule has 0 aliphatic heterocycles. The quantitative estimate of drug-likeness (QED) is 0.862. The topological polar surface area (TPSA) is 55.0 Å². The summed E-state index contributed by atoms with van der Waals surface area (Å²) >= 11 is 3.07. The summed E-state index contributed by atoms with van der Waals surface area (Å²) < 4.78 is 4.19. The second-order valence-corrected chi connectivity index (χ2v) is 5.19. The fraction of sp³-hybridized carbons (Fsp3) is 0.273. The highest BCUT2D eigenvalue weighted by Gasteiger charge is 2.14. The van der Waals surface area contributed by atoms with Gasteiger partial charge in [-0.05, 0) is 29.4 Å². The highest BCUT2D eigenvalue weighted by atomic mass is 32.2. The van der Waals surface area contributed by atoms with E-state index < -0.39 is 0 Å². The van der Waals surface area contributed by atoms with E-state index in [1.165, 1.54) is 17.1 Å². The number of nitrogens with zero attached hydrogens (tertiary/aromatic N) is 3. The maximum Gasteiger partial charge on any atom is 0.153 e. The van der Waals surface area contributed by atoms with Crippen molar-refractivity contribution in [2.75, 3.05) is 23.9 Å². The van der Waals surface area contributed by atoms with Crippen LogP contribution in [0.5, 0.6) is 0 Å². The highest BCUT2D eigenvalue weighted by molar-refractivity contribution is 7.99. The van der Waals surface area contributed by atoms with E-state index in [2.05, 4.69) is 20.3 Å². The van der Waals surface area contributed by atoms with Crippen molar-refractivity contribution in [3.05, 3.63) is 30.1 Å². The molecular weight excluding hydrogens is 252 g/mol. The van der Waals surface area contributed by atoms with Gasteiger partial charge >= 0.3 is 0 Å². The van der Waals surface area contributed by atoms with E-state index in [-0.39, 0.29) is 0 Å². The van der Waals surface area contributed by atoms with Crippen molar-refractivity contribution < 1.29 is 0 Å². The Morgan fingerprint density at radius 1 is 1.53 bits per heavy atom. The molecule has 0 aliphatic rings. The molecule has 0 unspecified atom stereocenters. The predicted octanol–water partition coefficient (Wildman–Crippen LogP) is 2.48. The summed E-state index contributed by atoms with van der Waals surface area (Å²) in [5, 5.41) is 1.11. The van der Waals surface area contributed by atoms with E-state index in [1.54, 1.807) is 18.0 Å². The smallest absolute Gasteiger partial charge is 0.153 e. The maximum absolute atomic E-state index is 5.82. The fourth-order valence-electron chi connectivity index (χ4n) is 1.56. The van der Waals surface area contributed by atoms with Crippen LogP contribution in [0.25, 0.3) is 0 Å². The summed E-state index contributed by atoms with van der Waals surface area (Å²) in [5.41, 5.74) is 7.00. The van der Waals surface area contributed by atoms with Crippen LogP contribution in [0.1, 0.15) is 5.56 Å². The molecule has 0 fully saturated rings. The molecule has 2 heterocycles. The van der Waals surface area contributed by atoms with Gasteiger partial charge in [-0.1, -0.05) is 6.07 Å². The van der Waals surface area contributed by atoms with Gasteiger partial charge in [-0.3, -0.25) is 4.98 Å². The molecule has 0 aliphatic carbocycles. The third-order valence-corrected chi connectivity index (χ3v) is 4.27. The molecule has 0 spiro atoms. The first kappa shape index (κ1) is 12.2. The van der Waals surface area contributed by atoms with E-state index in [0.717, 1.165) is 16.4 Å². The Morgan fingerprint density at radius 3 is 3.00 bits per heavy atom. The Hall–Kier alpha value is -1.27. The van der Waals surface area contributed by atoms with E-state index in [9.17, 15) is 0 Å². The molecule has 0 saturated carbocycles. The molecule has 0 amide bonds. The van der Waals surface area contributed by atoms with Gasteiger partial charge in [0.2, 0.25) is 0 Å². The maximum atomic E-state index is 5.82. The first-order valence-corrected chi connectivity index (χ1v) is 7.11. The molecule has 6 heteroatoms. The van der Waals surface area contributed by atoms with Crippen LogP contribution in [-0.2, 0) is 6.54 Å². The van der Waals surface area contributed by atoms with E-state index in [0.29, 0.717) is 5.82 Å². The van der Waals surface area contributed by atoms with Crippen LogP contribution in [0, 0.1) is 0 Å². The summed E-state index contributed by atoms with van der Waals surface area (Å²) in [6, 6.07) is 4.01. The molecule has 90 valence electrons. The number of aromatic nitrogens is 2. The van der Waals surface area contributed by atoms with Crippen LogP contribution in [-0.4, -0.2) is 22.7 Å². The first-order valence-electron chi connectivity index (χ1n) is 5.11. The zero-order chi connectivity index (χ0) is 12.3. The van der Waals surface area contributed by atoms with Gasteiger partial charge in [-0.2, -0.15) is 4.37 Å². The summed E-state index contributed by atoms with van der Waals surface area (Å²) in [6.45, 7) is 0.809. The van der Waals surface area contributed by atoms with Crippen molar-refractivity contribution in [1.29, 1.82) is 0 Å². The number of hydrogen-bond donors (Lipinski definition) is 1. The SMILES string of the molecule is CSc1c(N)nsc1N(C)Cc1cccnc1. The van der Waals surface area contributed by atoms with Crippen molar-refractivity contribution in [3.8, 4) is 0 Å². The molecule has 0 aromatic carbocycles. The van der Waals surface area contributed by atoms with Crippen LogP contribution in [0.15, 0.2) is 29.4 Å². The molecule has 2 N–H and O–H groups in total. The summed E-state index contributed by atoms with van der Waals surface area (Å²) in [4.78, 5) is 7.32. The molecule has 4 nitrogen and oxygen atoms in total. The number of thioether (sulfide) groups is 1. The normalized spacial score (nSPS) is 10.5. The molecule has 0 atom stereocenters. The lowest BCUT2D eigenvalue weighted by Gasteiger charge is -2.17. The van der Waals surface area contributed by atoms with Crippen molar-refractivity contribution in [2.24, 2.45) is 0 Å². The summed E-state index contributed by atoms with van der Waals surface area (Å²) in [7, 11) is 2.04. The Labute approximate surface area is 109 Å². The molecule has 2 aromatic heterocycles. The largest absolute Gasteiger partial charge is 0.382 e. The number of nitrogens with two attached hydrogens (primary N) is 1. The van der Waals surface area contributed by atoms with E-state index in [4.69, 9.17) is 5.73 Å². The van der Waals surface area contributed by atoms with Crippen molar-refractivity contribution in [2.45, 2.75) is 11.4 Å². The minimum Gasteiger partial charge on any atom is -0.382 e. The lowest BCUT2D eigenvalue weighted by Crippen LogP contribution is -2.15. The molecule has 0 saturated heterocycles. The molecule has 0 bridgehead atoms. The van der Waals surface area contributed by atoms with Gasteiger partial charge in [0.15, 0.2) is 5.82 Å². The average molecular weight is 266 g/mol. The van der Waals surface area contributed by atoms with Crippen LogP contribution < -0.4 is 10.6 Å². The predicted molar refractivity (Wildman–Crippen MR) is 74.7 cm³/mol. The Balaban J connectivity index is 2.17. The van der Waals surface area contributed by atoms with Gasteiger partial charge in [-0.25, -0.2) is 0 Å². The minimum atomic E-state index is 0.621. The van der Waals surface area contributed by atoms with Crippen LogP contribution in [0.3, 0.4) is 0 Å². The zero-order valence-electron chi connectivity index (χ0n) is 9.75. The number of pyridine rings is 1. The lowest BCUT2D eigenvalue weighted by molar-refractivity contribution is 0.917. The number of rotatable bonds is 4. The highest BCUT2D eigenvalue weighted by Crippen LogP contribution is 2.37. The molecule has 0 radical (unpaired) electrons. The average Bonchev–Trinajstić information content (AvgIpc) is 2.71. The van der Waals surface area contributed by atoms with Crippen LogP contribution in [0.4, 0.5) is 10.8 Å². The number of hydrogen-bond acceptors (Lipinski definition) is 6. The second kappa shape index (κ2) is 5.37. The fourth-order valence-corrected chi connectivity index (χ4v) is 3.23. The van der Waals surface area contributed by atoms with Crippen molar-refractivity contribution in [1.82, 2.24) is 9.36 Å². The molecular formula is C11H14N4S2. The number of anilines is 2. The van der Waals surface area contributed by atoms with Gasteiger partial charge in [0, 0.05) is 26.0 Å². The Morgan fingerprint density at radius 2 is 2.35 bits per heavy atom. The minimum absolute atomic E-state index is 0.621. The van der Waals surface area contributed by atoms with Crippen molar-refractivity contribution in [3.63, 3.8) is 0 Å². The Bertz CT molecular complexity index is 483. The molecule has 2 rings (SSSR count). The molecule has 17 heavy (non-hydrogen) atoms. The standard InChI is InChI=1S/C11H14N4S2/c1-15(7-8-4-3-5-13-6-8)11-9(16-2)10(12)14-17-11/h3-6H,7H2,1-2H3,(H2,12,14). The third-order valence-electron chi connectivity index (χ3n) is 2.35. The van der Waals surface area contributed by atoms with Crippen LogP contribution in [0.2, 0.25) is 0 Å². The third kappa shape index (κ3) is 2.70. The summed E-state index contributed by atoms with van der Waals surface area (Å²) in [5.74, 6) is 0.621. The Kier molecular flexibility index (Phi) is 3.86. The van der Waals surface area contributed by atoms with Gasteiger partial charge in [0.05, 0.1) is 4.90 Å². The summed E-state index contributed by atoms with van der Waals surface area (Å²) in [6.07, 6.45) is 5.67. The molecule has 2 aromatic rings. The second-order valence-electron chi connectivity index (χ2n) is 3.62. The van der Waals surface area contributed by atoms with E-state index in [1.807, 2.05) is 25.6 Å². The monoisotopic (exact) mass is 266 g/mol. The van der Waals surface area contributed by atoms with Gasteiger partial charge in [0.1, 0.15) is 5.00 Å². The van der Waals surface area contributed by atoms with Gasteiger partial charge in [0.25, 0.3) is 0 Å². The van der Waals surface area contributed by atoms with Gasteiger partial charge < -0.3 is 10.6 Å². The van der Waals surface area contributed by atoms with Crippen molar-refractivity contribution >= 4 is 34.1 Å².